The van der Waals surface area contributed by atoms with Crippen molar-refractivity contribution in [3.8, 4) is 5.75 Å². The van der Waals surface area contributed by atoms with Crippen LogP contribution in [0, 0.1) is 0 Å². The summed E-state index contributed by atoms with van der Waals surface area (Å²) in [6, 6.07) is 2.10. The van der Waals surface area contributed by atoms with Gasteiger partial charge in [-0.25, -0.2) is 0 Å². The zero-order chi connectivity index (χ0) is 13.0. The maximum Gasteiger partial charge on any atom is 0.257 e. The van der Waals surface area contributed by atoms with Crippen molar-refractivity contribution in [1.82, 2.24) is 15.2 Å². The summed E-state index contributed by atoms with van der Waals surface area (Å²) < 4.78 is 5.16. The van der Waals surface area contributed by atoms with E-state index in [1.807, 2.05) is 7.05 Å². The fraction of sp³-hybridized carbons (Fsp3) is 0.538. The van der Waals surface area contributed by atoms with Gasteiger partial charge in [-0.05, 0) is 25.5 Å². The molecular formula is C13H19N3O2. The van der Waals surface area contributed by atoms with Gasteiger partial charge in [-0.3, -0.25) is 9.78 Å². The molecule has 1 saturated heterocycles. The third kappa shape index (κ3) is 2.79. The maximum atomic E-state index is 12.3. The first kappa shape index (κ1) is 12.8. The van der Waals surface area contributed by atoms with Crippen LogP contribution in [0.15, 0.2) is 18.5 Å². The fourth-order valence-electron chi connectivity index (χ4n) is 2.25. The highest BCUT2D eigenvalue weighted by Gasteiger charge is 2.21. The first-order valence-electron chi connectivity index (χ1n) is 6.19. The second-order valence-electron chi connectivity index (χ2n) is 4.55. The SMILES string of the molecule is COc1cnccc1C(=O)N(C)CC1CCCN1. The zero-order valence-corrected chi connectivity index (χ0v) is 10.8. The standard InChI is InChI=1S/C13H19N3O2/c1-16(9-10-4-3-6-15-10)13(17)11-5-7-14-8-12(11)18-2/h5,7-8,10,15H,3-4,6,9H2,1-2H3. The van der Waals surface area contributed by atoms with Crippen LogP contribution >= 0.6 is 0 Å². The van der Waals surface area contributed by atoms with E-state index in [0.717, 1.165) is 19.5 Å². The van der Waals surface area contributed by atoms with Crippen LogP contribution in [0.5, 0.6) is 5.75 Å². The highest BCUT2D eigenvalue weighted by atomic mass is 16.5. The molecule has 1 aliphatic heterocycles. The van der Waals surface area contributed by atoms with Crippen molar-refractivity contribution in [1.29, 1.82) is 0 Å². The molecule has 0 aliphatic carbocycles. The van der Waals surface area contributed by atoms with Crippen molar-refractivity contribution < 1.29 is 9.53 Å². The molecule has 1 aromatic rings. The molecule has 1 aliphatic rings. The Morgan fingerprint density at radius 2 is 2.50 bits per heavy atom. The molecule has 0 bridgehead atoms. The molecule has 1 aromatic heterocycles. The average Bonchev–Trinajstić information content (AvgIpc) is 2.90. The second kappa shape index (κ2) is 5.82. The monoisotopic (exact) mass is 249 g/mol. The van der Waals surface area contributed by atoms with Gasteiger partial charge in [0.15, 0.2) is 0 Å². The summed E-state index contributed by atoms with van der Waals surface area (Å²) in [5.41, 5.74) is 0.563. The summed E-state index contributed by atoms with van der Waals surface area (Å²) >= 11 is 0. The second-order valence-corrected chi connectivity index (χ2v) is 4.55. The highest BCUT2D eigenvalue weighted by Crippen LogP contribution is 2.18. The highest BCUT2D eigenvalue weighted by molar-refractivity contribution is 5.96. The molecule has 2 rings (SSSR count). The summed E-state index contributed by atoms with van der Waals surface area (Å²) in [6.07, 6.45) is 5.49. The van der Waals surface area contributed by atoms with Gasteiger partial charge in [-0.2, -0.15) is 0 Å². The van der Waals surface area contributed by atoms with E-state index < -0.39 is 0 Å². The van der Waals surface area contributed by atoms with Gasteiger partial charge in [0.2, 0.25) is 0 Å². The molecule has 0 spiro atoms. The Bertz CT molecular complexity index is 416. The molecule has 5 nitrogen and oxygen atoms in total. The smallest absolute Gasteiger partial charge is 0.257 e. The molecule has 2 heterocycles. The van der Waals surface area contributed by atoms with Crippen molar-refractivity contribution in [2.45, 2.75) is 18.9 Å². The lowest BCUT2D eigenvalue weighted by atomic mass is 10.2. The minimum absolute atomic E-state index is 0.0250. The Hall–Kier alpha value is -1.62. The van der Waals surface area contributed by atoms with Crippen LogP contribution in [0.4, 0.5) is 0 Å². The molecule has 0 aromatic carbocycles. The quantitative estimate of drug-likeness (QED) is 0.862. The van der Waals surface area contributed by atoms with Crippen LogP contribution in [0.3, 0.4) is 0 Å². The number of carbonyl (C=O) groups is 1. The number of ether oxygens (including phenoxy) is 1. The van der Waals surface area contributed by atoms with Crippen LogP contribution < -0.4 is 10.1 Å². The van der Waals surface area contributed by atoms with E-state index in [1.54, 1.807) is 30.5 Å². The molecular weight excluding hydrogens is 230 g/mol. The van der Waals surface area contributed by atoms with Gasteiger partial charge >= 0.3 is 0 Å². The number of aromatic nitrogens is 1. The van der Waals surface area contributed by atoms with Crippen LogP contribution in [0.2, 0.25) is 0 Å². The molecule has 0 radical (unpaired) electrons. The number of hydrogen-bond donors (Lipinski definition) is 1. The number of pyridine rings is 1. The van der Waals surface area contributed by atoms with Crippen molar-refractivity contribution in [3.05, 3.63) is 24.0 Å². The Balaban J connectivity index is 2.05. The molecule has 1 atom stereocenters. The van der Waals surface area contributed by atoms with Gasteiger partial charge in [0.05, 0.1) is 18.9 Å². The van der Waals surface area contributed by atoms with E-state index in [4.69, 9.17) is 4.74 Å². The summed E-state index contributed by atoms with van der Waals surface area (Å²) in [5.74, 6) is 0.497. The predicted octanol–water partition coefficient (Wildman–Crippen LogP) is 0.914. The van der Waals surface area contributed by atoms with Crippen LogP contribution in [0.25, 0.3) is 0 Å². The largest absolute Gasteiger partial charge is 0.494 e. The van der Waals surface area contributed by atoms with E-state index in [-0.39, 0.29) is 5.91 Å². The molecule has 1 unspecified atom stereocenters. The molecule has 1 amide bonds. The third-order valence-electron chi connectivity index (χ3n) is 3.24. The Kier molecular flexibility index (Phi) is 4.15. The summed E-state index contributed by atoms with van der Waals surface area (Å²) in [4.78, 5) is 18.0. The lowest BCUT2D eigenvalue weighted by molar-refractivity contribution is 0.0780. The van der Waals surface area contributed by atoms with Crippen molar-refractivity contribution in [3.63, 3.8) is 0 Å². The van der Waals surface area contributed by atoms with Crippen LogP contribution in [0.1, 0.15) is 23.2 Å². The summed E-state index contributed by atoms with van der Waals surface area (Å²) in [7, 11) is 3.37. The number of methoxy groups -OCH3 is 1. The Labute approximate surface area is 107 Å². The molecule has 0 saturated carbocycles. The van der Waals surface area contributed by atoms with E-state index in [9.17, 15) is 4.79 Å². The first-order chi connectivity index (χ1) is 8.72. The predicted molar refractivity (Wildman–Crippen MR) is 68.8 cm³/mol. The number of amides is 1. The van der Waals surface area contributed by atoms with Gasteiger partial charge in [-0.15, -0.1) is 0 Å². The van der Waals surface area contributed by atoms with E-state index in [1.165, 1.54) is 6.42 Å². The Morgan fingerprint density at radius 3 is 3.17 bits per heavy atom. The minimum atomic E-state index is -0.0250. The van der Waals surface area contributed by atoms with Crippen molar-refractivity contribution in [2.24, 2.45) is 0 Å². The van der Waals surface area contributed by atoms with E-state index in [2.05, 4.69) is 10.3 Å². The zero-order valence-electron chi connectivity index (χ0n) is 10.8. The third-order valence-corrected chi connectivity index (χ3v) is 3.24. The lowest BCUT2D eigenvalue weighted by Crippen LogP contribution is -2.38. The summed E-state index contributed by atoms with van der Waals surface area (Å²) in [6.45, 7) is 1.77. The van der Waals surface area contributed by atoms with Gasteiger partial charge < -0.3 is 15.0 Å². The van der Waals surface area contributed by atoms with Gasteiger partial charge in [0, 0.05) is 25.8 Å². The number of likely N-dealkylation sites (N-methyl/N-ethyl adjacent to an activating group) is 1. The van der Waals surface area contributed by atoms with Crippen molar-refractivity contribution in [2.75, 3.05) is 27.2 Å². The number of rotatable bonds is 4. The molecule has 98 valence electrons. The van der Waals surface area contributed by atoms with Gasteiger partial charge in [0.25, 0.3) is 5.91 Å². The van der Waals surface area contributed by atoms with E-state index >= 15 is 0 Å². The average molecular weight is 249 g/mol. The fourth-order valence-corrected chi connectivity index (χ4v) is 2.25. The number of carbonyl (C=O) groups excluding carboxylic acids is 1. The normalized spacial score (nSPS) is 18.7. The van der Waals surface area contributed by atoms with Gasteiger partial charge in [-0.1, -0.05) is 0 Å². The molecule has 18 heavy (non-hydrogen) atoms. The molecule has 1 N–H and O–H groups in total. The minimum Gasteiger partial charge on any atom is -0.494 e. The Morgan fingerprint density at radius 1 is 1.67 bits per heavy atom. The van der Waals surface area contributed by atoms with Crippen molar-refractivity contribution >= 4 is 5.91 Å². The molecule has 5 heteroatoms. The first-order valence-corrected chi connectivity index (χ1v) is 6.19. The van der Waals surface area contributed by atoms with Gasteiger partial charge in [0.1, 0.15) is 5.75 Å². The summed E-state index contributed by atoms with van der Waals surface area (Å²) in [5, 5.41) is 3.38. The number of hydrogen-bond acceptors (Lipinski definition) is 4. The molecule has 1 fully saturated rings. The number of nitrogens with one attached hydrogen (secondary N) is 1. The maximum absolute atomic E-state index is 12.3. The lowest BCUT2D eigenvalue weighted by Gasteiger charge is -2.22. The van der Waals surface area contributed by atoms with E-state index in [0.29, 0.717) is 17.4 Å². The number of nitrogens with zero attached hydrogens (tertiary/aromatic N) is 2. The van der Waals surface area contributed by atoms with Crippen LogP contribution in [-0.2, 0) is 0 Å². The van der Waals surface area contributed by atoms with Crippen LogP contribution in [-0.4, -0.2) is 49.1 Å². The topological polar surface area (TPSA) is 54.5 Å².